The number of sulfonamides is 1. The Hall–Kier alpha value is -9.45. The molecule has 0 spiro atoms. The van der Waals surface area contributed by atoms with Crippen molar-refractivity contribution in [2.45, 2.75) is 62.3 Å². The molecule has 3 aromatic heterocycles. The fourth-order valence-corrected chi connectivity index (χ4v) is 9.23. The third-order valence-corrected chi connectivity index (χ3v) is 14.6. The minimum atomic E-state index is -3.17. The lowest BCUT2D eigenvalue weighted by Crippen LogP contribution is -2.34. The van der Waals surface area contributed by atoms with Gasteiger partial charge in [-0.1, -0.05) is 48.0 Å². The number of benzene rings is 5. The topological polar surface area (TPSA) is 303 Å². The molecule has 7 N–H and O–H groups in total. The van der Waals surface area contributed by atoms with E-state index >= 15 is 0 Å². The Morgan fingerprint density at radius 1 is 0.659 bits per heavy atom. The first kappa shape index (κ1) is 67.7. The number of aromatic amines is 3. The summed E-state index contributed by atoms with van der Waals surface area (Å²) < 4.78 is 30.3. The Bertz CT molecular complexity index is 3890. The maximum absolute atomic E-state index is 13.5. The van der Waals surface area contributed by atoms with Gasteiger partial charge in [0.1, 0.15) is 5.02 Å². The van der Waals surface area contributed by atoms with Crippen molar-refractivity contribution in [1.29, 1.82) is 0 Å². The number of para-hydroxylation sites is 1. The molecule has 0 aliphatic rings. The summed E-state index contributed by atoms with van der Waals surface area (Å²) in [6, 6.07) is 34.8. The largest absolute Gasteiger partial charge is 0.416 e. The van der Waals surface area contributed by atoms with Crippen molar-refractivity contribution in [1.82, 2.24) is 30.1 Å². The van der Waals surface area contributed by atoms with Crippen molar-refractivity contribution in [3.63, 3.8) is 0 Å². The second kappa shape index (κ2) is 32.9. The van der Waals surface area contributed by atoms with Crippen LogP contribution in [-0.2, 0) is 10.0 Å². The molecule has 0 aliphatic heterocycles. The third-order valence-electron chi connectivity index (χ3n) is 13.4. The van der Waals surface area contributed by atoms with Crippen LogP contribution in [0.15, 0.2) is 146 Å². The van der Waals surface area contributed by atoms with E-state index in [-0.39, 0.29) is 41.7 Å². The standard InChI is InChI=1S/C31H30N6O4.C16H24N6O2S.C15H20ClN5O/c1-5-37(17-18-38)23-15-16-25(21(3)19-23)35-36-28-26(29(39)33-24-14-10-9-11-20(24)2)27(32-4)30(34-28)41-31(40)22-12-7-6-8-13-22;1-5-22(9-8-17-25(4,23)24)14-6-7-15(12(2)10-14)19-21-16-11-13(3)18-20-16;1-4-21(7-8-22)12-5-6-13(10(2)9-12)18-20-15-14(16)11(3)17-19-15/h6-16,19,34,38H,5,17-18H2,1-3H3,(H,33,39);6-7,10-11,17H,5,8-9H2,1-4H3,(H,18,20);5-6,9,22H,4,7-8H2,1-3H3,(H,17,19). The van der Waals surface area contributed by atoms with Crippen molar-refractivity contribution in [3.05, 3.63) is 176 Å². The predicted octanol–water partition coefficient (Wildman–Crippen LogP) is 13.6. The van der Waals surface area contributed by atoms with Crippen LogP contribution in [0.5, 0.6) is 5.88 Å². The molecule has 0 aliphatic carbocycles. The zero-order valence-corrected chi connectivity index (χ0v) is 52.5. The molecule has 0 saturated carbocycles. The highest BCUT2D eigenvalue weighted by Gasteiger charge is 2.28. The summed E-state index contributed by atoms with van der Waals surface area (Å²) in [5.74, 6) is -0.599. The number of aliphatic hydroxyl groups excluding tert-OH is 2. The number of esters is 1. The molecule has 88 heavy (non-hydrogen) atoms. The van der Waals surface area contributed by atoms with Crippen molar-refractivity contribution < 1.29 is 33.0 Å². The van der Waals surface area contributed by atoms with Gasteiger partial charge in [0.15, 0.2) is 11.6 Å². The number of nitrogens with one attached hydrogen (secondary N) is 5. The number of anilines is 4. The molecule has 0 saturated heterocycles. The van der Waals surface area contributed by atoms with Crippen LogP contribution < -0.4 is 29.5 Å². The van der Waals surface area contributed by atoms with E-state index in [2.05, 4.69) is 87.7 Å². The van der Waals surface area contributed by atoms with E-state index in [0.717, 1.165) is 88.0 Å². The zero-order valence-electron chi connectivity index (χ0n) is 50.9. The lowest BCUT2D eigenvalue weighted by molar-refractivity contribution is 0.0729. The average Bonchev–Trinajstić information content (AvgIpc) is 2.05. The Morgan fingerprint density at radius 2 is 1.18 bits per heavy atom. The lowest BCUT2D eigenvalue weighted by atomic mass is 10.1. The number of aromatic nitrogens is 5. The molecule has 24 nitrogen and oxygen atoms in total. The molecule has 0 unspecified atom stereocenters. The number of rotatable bonds is 24. The highest BCUT2D eigenvalue weighted by Crippen LogP contribution is 2.41. The number of ether oxygens (including phenoxy) is 1. The Morgan fingerprint density at radius 3 is 1.65 bits per heavy atom. The lowest BCUT2D eigenvalue weighted by Gasteiger charge is -2.23. The molecular weight excluding hydrogens is 1160 g/mol. The minimum absolute atomic E-state index is 0.0307. The SMILES string of the molecule is CCN(CCNS(C)(=O)=O)c1ccc(N=Nc2cc(C)[nH]n2)c(C)c1.CCN(CCO)c1ccc(N=Nc2n[nH]c(C)c2Cl)c(C)c1.[C-]#[N+]c1c(OC(=O)c2ccccc2)[nH]c(N=Nc2ccc(N(CC)CCO)cc2C)c1C(=O)Nc1ccccc1C. The van der Waals surface area contributed by atoms with Crippen molar-refractivity contribution in [2.24, 2.45) is 30.7 Å². The third kappa shape index (κ3) is 19.3. The van der Waals surface area contributed by atoms with Crippen molar-refractivity contribution >= 4 is 96.5 Å². The smallest absolute Gasteiger partial charge is 0.343 e. The quantitative estimate of drug-likeness (QED) is 0.0169. The van der Waals surface area contributed by atoms with Gasteiger partial charge in [-0.3, -0.25) is 15.0 Å². The summed E-state index contributed by atoms with van der Waals surface area (Å²) in [6.45, 7) is 29.9. The van der Waals surface area contributed by atoms with Crippen LogP contribution in [0.1, 0.15) is 75.1 Å². The average molecular weight is 1240 g/mol. The van der Waals surface area contributed by atoms with E-state index < -0.39 is 21.9 Å². The van der Waals surface area contributed by atoms with Crippen LogP contribution >= 0.6 is 11.6 Å². The van der Waals surface area contributed by atoms with Crippen LogP contribution in [0.4, 0.5) is 63.0 Å². The van der Waals surface area contributed by atoms with Gasteiger partial charge in [-0.2, -0.15) is 10.2 Å². The summed E-state index contributed by atoms with van der Waals surface area (Å²) in [5, 5.41) is 60.6. The first-order chi connectivity index (χ1) is 42.2. The minimum Gasteiger partial charge on any atom is -0.416 e. The number of hydrogen-bond acceptors (Lipinski definition) is 18. The number of halogens is 1. The number of H-pyrrole nitrogens is 3. The van der Waals surface area contributed by atoms with E-state index in [1.165, 1.54) is 0 Å². The zero-order chi connectivity index (χ0) is 63.9. The molecule has 0 fully saturated rings. The van der Waals surface area contributed by atoms with E-state index in [1.807, 2.05) is 127 Å². The Balaban J connectivity index is 0.000000226. The van der Waals surface area contributed by atoms with Crippen LogP contribution in [0.2, 0.25) is 5.02 Å². The van der Waals surface area contributed by atoms with Gasteiger partial charge in [0.05, 0.1) is 59.9 Å². The molecule has 8 aromatic rings. The predicted molar refractivity (Wildman–Crippen MR) is 346 cm³/mol. The summed E-state index contributed by atoms with van der Waals surface area (Å²) in [5.41, 5.74) is 11.0. The van der Waals surface area contributed by atoms with Gasteiger partial charge in [-0.25, -0.2) is 22.8 Å². The molecule has 0 radical (unpaired) electrons. The maximum Gasteiger partial charge on any atom is 0.343 e. The molecule has 3 heterocycles. The second-order valence-corrected chi connectivity index (χ2v) is 22.1. The molecular formula is C62H74ClN17O7S. The molecule has 1 amide bonds. The molecule has 8 rings (SSSR count). The maximum atomic E-state index is 13.5. The fourth-order valence-electron chi connectivity index (χ4n) is 8.65. The first-order valence-electron chi connectivity index (χ1n) is 28.2. The molecule has 26 heteroatoms. The van der Waals surface area contributed by atoms with Crippen LogP contribution in [0, 0.1) is 48.1 Å². The van der Waals surface area contributed by atoms with E-state index in [0.29, 0.717) is 54.2 Å². The van der Waals surface area contributed by atoms with Gasteiger partial charge in [0.2, 0.25) is 27.6 Å². The normalized spacial score (nSPS) is 11.3. The van der Waals surface area contributed by atoms with Crippen LogP contribution in [0.3, 0.4) is 0 Å². The monoisotopic (exact) mass is 1240 g/mol. The molecule has 5 aromatic carbocycles. The number of carbonyl (C=O) groups excluding carboxylic acids is 2. The number of aryl methyl sites for hydroxylation is 6. The van der Waals surface area contributed by atoms with E-state index in [1.54, 1.807) is 48.5 Å². The number of amides is 1. The number of hydrogen-bond donors (Lipinski definition) is 7. The van der Waals surface area contributed by atoms with Crippen LogP contribution in [-0.4, -0.2) is 121 Å². The summed E-state index contributed by atoms with van der Waals surface area (Å²) >= 11 is 6.06. The van der Waals surface area contributed by atoms with Gasteiger partial charge in [-0.15, -0.1) is 30.7 Å². The van der Waals surface area contributed by atoms with Crippen molar-refractivity contribution in [2.75, 3.05) is 85.3 Å². The van der Waals surface area contributed by atoms with Crippen molar-refractivity contribution in [3.8, 4) is 5.88 Å². The van der Waals surface area contributed by atoms with Gasteiger partial charge < -0.3 is 40.0 Å². The number of azo groups is 3. The number of likely N-dealkylation sites (N-methyl/N-ethyl adjacent to an activating group) is 3. The molecule has 0 bridgehead atoms. The fraction of sp³-hybridized carbons (Fsp3) is 0.306. The summed E-state index contributed by atoms with van der Waals surface area (Å²) in [4.78, 5) is 38.8. The number of nitrogens with zero attached hydrogens (tertiary/aromatic N) is 12. The van der Waals surface area contributed by atoms with Gasteiger partial charge >= 0.3 is 5.97 Å². The summed E-state index contributed by atoms with van der Waals surface area (Å²) in [6.07, 6.45) is 1.16. The highest BCUT2D eigenvalue weighted by molar-refractivity contribution is 7.88. The second-order valence-electron chi connectivity index (χ2n) is 19.9. The highest BCUT2D eigenvalue weighted by atomic mass is 35.5. The molecule has 462 valence electrons. The first-order valence-corrected chi connectivity index (χ1v) is 30.5. The van der Waals surface area contributed by atoms with E-state index in [9.17, 15) is 23.1 Å². The number of aliphatic hydroxyl groups is 2. The van der Waals surface area contributed by atoms with Gasteiger partial charge in [0.25, 0.3) is 5.69 Å². The van der Waals surface area contributed by atoms with E-state index in [4.69, 9.17) is 28.0 Å². The summed E-state index contributed by atoms with van der Waals surface area (Å²) in [7, 11) is -3.17. The van der Waals surface area contributed by atoms with Gasteiger partial charge in [0, 0.05) is 80.3 Å². The number of carbonyl (C=O) groups is 2. The Kier molecular flexibility index (Phi) is 25.3. The molecule has 0 atom stereocenters. The van der Waals surface area contributed by atoms with Crippen LogP contribution in [0.25, 0.3) is 4.85 Å². The van der Waals surface area contributed by atoms with Gasteiger partial charge in [-0.05, 0) is 157 Å². The Labute approximate surface area is 517 Å².